The van der Waals surface area contributed by atoms with Crippen LogP contribution in [0.1, 0.15) is 18.4 Å². The van der Waals surface area contributed by atoms with Gasteiger partial charge in [-0.25, -0.2) is 0 Å². The van der Waals surface area contributed by atoms with Gasteiger partial charge in [0.2, 0.25) is 0 Å². The zero-order valence-corrected chi connectivity index (χ0v) is 10.3. The van der Waals surface area contributed by atoms with E-state index in [0.29, 0.717) is 0 Å². The molecule has 1 saturated heterocycles. The molecule has 1 nitrogen and oxygen atoms in total. The average Bonchev–Trinajstić information content (AvgIpc) is 2.65. The second-order valence-corrected chi connectivity index (χ2v) is 6.41. The van der Waals surface area contributed by atoms with Gasteiger partial charge in [-0.05, 0) is 37.5 Å². The molecule has 5 heteroatoms. The van der Waals surface area contributed by atoms with Crippen molar-refractivity contribution in [3.8, 4) is 5.75 Å². The summed E-state index contributed by atoms with van der Waals surface area (Å²) in [4.78, 5) is 1.00. The Balaban J connectivity index is 2.22. The highest BCUT2D eigenvalue weighted by molar-refractivity contribution is 7.97. The summed E-state index contributed by atoms with van der Waals surface area (Å²) >= 11 is 0. The first-order chi connectivity index (χ1) is 7.94. The van der Waals surface area contributed by atoms with E-state index in [9.17, 15) is 13.2 Å². The molecule has 0 radical (unpaired) electrons. The molecule has 0 spiro atoms. The molecule has 1 aromatic rings. The number of halogens is 3. The van der Waals surface area contributed by atoms with Gasteiger partial charge in [-0.2, -0.15) is 0 Å². The van der Waals surface area contributed by atoms with E-state index in [2.05, 4.69) is 4.74 Å². The fourth-order valence-electron chi connectivity index (χ4n) is 1.96. The van der Waals surface area contributed by atoms with Gasteiger partial charge in [-0.15, -0.1) is 13.2 Å². The van der Waals surface area contributed by atoms with Crippen LogP contribution in [0.3, 0.4) is 0 Å². The summed E-state index contributed by atoms with van der Waals surface area (Å²) < 4.78 is 40.5. The van der Waals surface area contributed by atoms with Crippen molar-refractivity contribution >= 4 is 10.9 Å². The molecule has 0 aliphatic carbocycles. The first kappa shape index (κ1) is 12.6. The largest absolute Gasteiger partial charge is 0.573 e. The van der Waals surface area contributed by atoms with Crippen molar-refractivity contribution in [1.82, 2.24) is 0 Å². The predicted octanol–water partition coefficient (Wildman–Crippen LogP) is 3.66. The zero-order valence-electron chi connectivity index (χ0n) is 9.51. The Morgan fingerprint density at radius 1 is 1.12 bits per heavy atom. The van der Waals surface area contributed by atoms with Crippen LogP contribution in [-0.2, 0) is 10.9 Å². The number of benzene rings is 1. The molecule has 1 aromatic carbocycles. The molecule has 0 atom stereocenters. The van der Waals surface area contributed by atoms with Crippen LogP contribution in [0.25, 0.3) is 0 Å². The zero-order chi connectivity index (χ0) is 12.5. The topological polar surface area (TPSA) is 9.23 Å². The number of hydrogen-bond donors (Lipinski definition) is 0. The monoisotopic (exact) mass is 263 g/mol. The quantitative estimate of drug-likeness (QED) is 0.740. The normalized spacial score (nSPS) is 17.4. The standard InChI is InChI=1S/C12H14F3OS/c1-9-6-10(16-12(13,14)15)8-11(7-9)17-4-2-3-5-17/h6-8H,2-5H2,1H3/q+1. The first-order valence-corrected chi connectivity index (χ1v) is 7.05. The van der Waals surface area contributed by atoms with Crippen LogP contribution in [0.15, 0.2) is 23.1 Å². The van der Waals surface area contributed by atoms with E-state index in [1.54, 1.807) is 6.92 Å². The van der Waals surface area contributed by atoms with Crippen LogP contribution >= 0.6 is 0 Å². The predicted molar refractivity (Wildman–Crippen MR) is 62.5 cm³/mol. The molecule has 94 valence electrons. The van der Waals surface area contributed by atoms with Crippen LogP contribution in [0.4, 0.5) is 13.2 Å². The maximum absolute atomic E-state index is 12.2. The van der Waals surface area contributed by atoms with Crippen LogP contribution in [0, 0.1) is 6.92 Å². The Morgan fingerprint density at radius 2 is 1.76 bits per heavy atom. The summed E-state index contributed by atoms with van der Waals surface area (Å²) in [6.45, 7) is 1.80. The van der Waals surface area contributed by atoms with Crippen molar-refractivity contribution in [3.05, 3.63) is 23.8 Å². The second kappa shape index (κ2) is 4.80. The van der Waals surface area contributed by atoms with E-state index in [4.69, 9.17) is 0 Å². The first-order valence-electron chi connectivity index (χ1n) is 5.49. The van der Waals surface area contributed by atoms with Crippen LogP contribution in [-0.4, -0.2) is 17.9 Å². The summed E-state index contributed by atoms with van der Waals surface area (Å²) in [6, 6.07) is 4.93. The van der Waals surface area contributed by atoms with Gasteiger partial charge in [0.05, 0.1) is 0 Å². The lowest BCUT2D eigenvalue weighted by Gasteiger charge is -2.10. The van der Waals surface area contributed by atoms with Crippen molar-refractivity contribution in [2.24, 2.45) is 0 Å². The second-order valence-electron chi connectivity index (χ2n) is 4.14. The highest BCUT2D eigenvalue weighted by Gasteiger charge is 2.33. The maximum atomic E-state index is 12.2. The number of aryl methyl sites for hydroxylation is 1. The molecule has 0 saturated carbocycles. The van der Waals surface area contributed by atoms with Gasteiger partial charge >= 0.3 is 6.36 Å². The van der Waals surface area contributed by atoms with Gasteiger partial charge in [0, 0.05) is 17.0 Å². The van der Waals surface area contributed by atoms with Crippen molar-refractivity contribution in [3.63, 3.8) is 0 Å². The highest BCUT2D eigenvalue weighted by atomic mass is 32.2. The van der Waals surface area contributed by atoms with Gasteiger partial charge < -0.3 is 4.74 Å². The van der Waals surface area contributed by atoms with Crippen LogP contribution < -0.4 is 4.74 Å². The molecule has 0 aromatic heterocycles. The highest BCUT2D eigenvalue weighted by Crippen LogP contribution is 2.30. The fraction of sp³-hybridized carbons (Fsp3) is 0.500. The van der Waals surface area contributed by atoms with Crippen LogP contribution in [0.5, 0.6) is 5.75 Å². The van der Waals surface area contributed by atoms with Gasteiger partial charge in [-0.1, -0.05) is 0 Å². The maximum Gasteiger partial charge on any atom is 0.573 e. The van der Waals surface area contributed by atoms with Crippen molar-refractivity contribution in [1.29, 1.82) is 0 Å². The average molecular weight is 263 g/mol. The van der Waals surface area contributed by atoms with Gasteiger partial charge in [-0.3, -0.25) is 0 Å². The fourth-order valence-corrected chi connectivity index (χ4v) is 4.38. The summed E-state index contributed by atoms with van der Waals surface area (Å²) in [5.74, 6) is 2.09. The number of alkyl halides is 3. The SMILES string of the molecule is Cc1cc(OC(F)(F)F)cc([S+]2CCCC2)c1. The van der Waals surface area contributed by atoms with Gasteiger partial charge in [0.1, 0.15) is 17.3 Å². The van der Waals surface area contributed by atoms with E-state index >= 15 is 0 Å². The molecule has 0 bridgehead atoms. The third-order valence-corrected chi connectivity index (χ3v) is 5.09. The molecule has 0 unspecified atom stereocenters. The lowest BCUT2D eigenvalue weighted by atomic mass is 10.2. The molecule has 1 aliphatic heterocycles. The van der Waals surface area contributed by atoms with Gasteiger partial charge in [0.15, 0.2) is 4.90 Å². The van der Waals surface area contributed by atoms with E-state index in [-0.39, 0.29) is 16.6 Å². The summed E-state index contributed by atoms with van der Waals surface area (Å²) in [6.07, 6.45) is -2.26. The number of rotatable bonds is 2. The lowest BCUT2D eigenvalue weighted by molar-refractivity contribution is -0.274. The minimum Gasteiger partial charge on any atom is -0.406 e. The molecule has 1 aliphatic rings. The Kier molecular flexibility index (Phi) is 3.56. The molecule has 1 fully saturated rings. The smallest absolute Gasteiger partial charge is 0.406 e. The van der Waals surface area contributed by atoms with Gasteiger partial charge in [0.25, 0.3) is 0 Å². The van der Waals surface area contributed by atoms with E-state index in [1.165, 1.54) is 25.0 Å². The minimum absolute atomic E-state index is 0.0908. The summed E-state index contributed by atoms with van der Waals surface area (Å²) in [7, 11) is 0.113. The Hall–Kier alpha value is -0.840. The van der Waals surface area contributed by atoms with Crippen LogP contribution in [0.2, 0.25) is 0 Å². The molecule has 17 heavy (non-hydrogen) atoms. The molecular formula is C12H14F3OS+. The van der Waals surface area contributed by atoms with Crippen molar-refractivity contribution in [2.45, 2.75) is 31.0 Å². The van der Waals surface area contributed by atoms with Crippen molar-refractivity contribution < 1.29 is 17.9 Å². The number of hydrogen-bond acceptors (Lipinski definition) is 1. The Labute approximate surface area is 101 Å². The summed E-state index contributed by atoms with van der Waals surface area (Å²) in [5.41, 5.74) is 0.821. The Bertz CT molecular complexity index is 397. The third-order valence-electron chi connectivity index (χ3n) is 2.62. The molecule has 0 N–H and O–H groups in total. The Morgan fingerprint density at radius 3 is 2.35 bits per heavy atom. The molecular weight excluding hydrogens is 249 g/mol. The molecule has 2 rings (SSSR count). The minimum atomic E-state index is -4.61. The number of ether oxygens (including phenoxy) is 1. The lowest BCUT2D eigenvalue weighted by Crippen LogP contribution is -2.17. The molecule has 1 heterocycles. The molecule has 0 amide bonds. The van der Waals surface area contributed by atoms with E-state index < -0.39 is 6.36 Å². The summed E-state index contributed by atoms with van der Waals surface area (Å²) in [5, 5.41) is 0. The van der Waals surface area contributed by atoms with Crippen molar-refractivity contribution in [2.75, 3.05) is 11.5 Å². The van der Waals surface area contributed by atoms with E-state index in [0.717, 1.165) is 22.0 Å². The third kappa shape index (κ3) is 3.56. The van der Waals surface area contributed by atoms with E-state index in [1.807, 2.05) is 6.07 Å².